The summed E-state index contributed by atoms with van der Waals surface area (Å²) in [6, 6.07) is 14.2. The Morgan fingerprint density at radius 1 is 1.10 bits per heavy atom. The fraction of sp³-hybridized carbons (Fsp3) is 0.500. The number of carbonyl (C=O) groups is 2. The Kier molecular flexibility index (Phi) is 9.91. The third-order valence-corrected chi connectivity index (χ3v) is 9.02. The number of aliphatic carboxylic acids is 1. The number of nitrogens with two attached hydrogens (primary N) is 1. The quantitative estimate of drug-likeness (QED) is 0.182. The Bertz CT molecular complexity index is 1180. The number of amidine groups is 1. The van der Waals surface area contributed by atoms with Crippen LogP contribution in [-0.4, -0.2) is 59.5 Å². The molecule has 9 heteroatoms. The van der Waals surface area contributed by atoms with Crippen molar-refractivity contribution in [3.8, 4) is 5.75 Å². The molecule has 0 saturated carbocycles. The lowest BCUT2D eigenvalue weighted by atomic mass is 9.97. The summed E-state index contributed by atoms with van der Waals surface area (Å²) in [4.78, 5) is 30.2. The molecule has 210 valence electrons. The zero-order valence-corrected chi connectivity index (χ0v) is 23.7. The molecule has 0 aromatic heterocycles. The lowest BCUT2D eigenvalue weighted by Gasteiger charge is -2.39. The van der Waals surface area contributed by atoms with Crippen molar-refractivity contribution >= 4 is 35.2 Å². The number of unbranched alkanes of at least 4 members (excludes halogenated alkanes) is 2. The van der Waals surface area contributed by atoms with Crippen molar-refractivity contribution in [2.24, 2.45) is 5.73 Å². The van der Waals surface area contributed by atoms with E-state index in [-0.39, 0.29) is 24.8 Å². The maximum atomic E-state index is 13.9. The molecule has 2 heterocycles. The van der Waals surface area contributed by atoms with Crippen LogP contribution >= 0.6 is 11.8 Å². The predicted molar refractivity (Wildman–Crippen MR) is 156 cm³/mol. The van der Waals surface area contributed by atoms with Crippen LogP contribution < -0.4 is 15.4 Å². The molecular weight excluding hydrogens is 512 g/mol. The van der Waals surface area contributed by atoms with E-state index in [0.717, 1.165) is 42.0 Å². The highest BCUT2D eigenvalue weighted by Gasteiger charge is 2.35. The average molecular weight is 553 g/mol. The normalized spacial score (nSPS) is 21.4. The standard InChI is InChI=1S/C30H40N4O4S/c1-20-8-6-9-21(2)33(20)15-4-3-5-16-34-25-19-24(38-17-14-27(35)36)12-13-26(25)39-28(30(34)37)22-10-7-11-23(18-22)29(31)32/h7,10-13,18-21,28H,3-6,8-9,14-17H2,1-2H3,(H3,31,32)(H,35,36)/t20-,21+,28?. The number of amides is 1. The number of hydrogen-bond acceptors (Lipinski definition) is 6. The van der Waals surface area contributed by atoms with Gasteiger partial charge >= 0.3 is 5.97 Å². The maximum Gasteiger partial charge on any atom is 0.306 e. The summed E-state index contributed by atoms with van der Waals surface area (Å²) in [5.74, 6) is -0.389. The third-order valence-electron chi connectivity index (χ3n) is 7.72. The summed E-state index contributed by atoms with van der Waals surface area (Å²) in [5.41, 5.74) is 7.94. The van der Waals surface area contributed by atoms with E-state index in [1.165, 1.54) is 31.0 Å². The first-order valence-electron chi connectivity index (χ1n) is 13.9. The minimum atomic E-state index is -0.913. The zero-order valence-electron chi connectivity index (χ0n) is 22.9. The monoisotopic (exact) mass is 552 g/mol. The number of nitrogens with one attached hydrogen (secondary N) is 1. The number of likely N-dealkylation sites (tertiary alicyclic amines) is 1. The number of nitrogen functional groups attached to an aromatic ring is 1. The summed E-state index contributed by atoms with van der Waals surface area (Å²) in [6.07, 6.45) is 6.77. The van der Waals surface area contributed by atoms with Gasteiger partial charge in [0.05, 0.1) is 18.7 Å². The molecule has 3 atom stereocenters. The van der Waals surface area contributed by atoms with Gasteiger partial charge in [-0.05, 0) is 69.8 Å². The second-order valence-corrected chi connectivity index (χ2v) is 11.7. The van der Waals surface area contributed by atoms with Crippen LogP contribution in [0.3, 0.4) is 0 Å². The Balaban J connectivity index is 1.49. The van der Waals surface area contributed by atoms with E-state index < -0.39 is 11.2 Å². The van der Waals surface area contributed by atoms with Crippen molar-refractivity contribution in [1.82, 2.24) is 4.90 Å². The molecule has 1 saturated heterocycles. The van der Waals surface area contributed by atoms with Gasteiger partial charge in [0.25, 0.3) is 0 Å². The largest absolute Gasteiger partial charge is 0.493 e. The van der Waals surface area contributed by atoms with Crippen molar-refractivity contribution in [1.29, 1.82) is 5.41 Å². The number of carboxylic acids is 1. The SMILES string of the molecule is C[C@@H]1CCC[C@H](C)N1CCCCCN1C(=O)C(c2cccc(C(=N)N)c2)Sc2ccc(OCCC(=O)O)cc21. The number of ether oxygens (including phenoxy) is 1. The summed E-state index contributed by atoms with van der Waals surface area (Å²) >= 11 is 1.48. The second-order valence-electron chi connectivity index (χ2n) is 10.6. The first-order chi connectivity index (χ1) is 18.7. The molecule has 0 bridgehead atoms. The van der Waals surface area contributed by atoms with E-state index in [0.29, 0.717) is 29.9 Å². The van der Waals surface area contributed by atoms with Crippen molar-refractivity contribution in [3.63, 3.8) is 0 Å². The lowest BCUT2D eigenvalue weighted by molar-refractivity contribution is -0.137. The van der Waals surface area contributed by atoms with Crippen LogP contribution in [-0.2, 0) is 9.59 Å². The van der Waals surface area contributed by atoms with Crippen LogP contribution in [0.4, 0.5) is 5.69 Å². The number of piperidine rings is 1. The number of anilines is 1. The van der Waals surface area contributed by atoms with E-state index in [9.17, 15) is 9.59 Å². The van der Waals surface area contributed by atoms with E-state index in [1.807, 2.05) is 41.3 Å². The van der Waals surface area contributed by atoms with Crippen molar-refractivity contribution in [3.05, 3.63) is 53.6 Å². The Hall–Kier alpha value is -3.04. The van der Waals surface area contributed by atoms with Crippen LogP contribution in [0.15, 0.2) is 47.4 Å². The smallest absolute Gasteiger partial charge is 0.306 e. The summed E-state index contributed by atoms with van der Waals surface area (Å²) in [5, 5.41) is 16.3. The highest BCUT2D eigenvalue weighted by atomic mass is 32.2. The highest BCUT2D eigenvalue weighted by molar-refractivity contribution is 8.00. The van der Waals surface area contributed by atoms with Gasteiger partial charge < -0.3 is 20.5 Å². The van der Waals surface area contributed by atoms with Gasteiger partial charge in [-0.25, -0.2) is 0 Å². The summed E-state index contributed by atoms with van der Waals surface area (Å²) < 4.78 is 5.68. The van der Waals surface area contributed by atoms with Gasteiger partial charge in [-0.15, -0.1) is 11.8 Å². The van der Waals surface area contributed by atoms with Crippen LogP contribution in [0.1, 0.15) is 75.2 Å². The minimum Gasteiger partial charge on any atom is -0.493 e. The molecule has 8 nitrogen and oxygen atoms in total. The van der Waals surface area contributed by atoms with Gasteiger partial charge in [0.2, 0.25) is 5.91 Å². The topological polar surface area (TPSA) is 120 Å². The molecule has 2 aliphatic heterocycles. The van der Waals surface area contributed by atoms with Gasteiger partial charge in [-0.3, -0.25) is 19.9 Å². The van der Waals surface area contributed by atoms with Gasteiger partial charge in [0.15, 0.2) is 0 Å². The van der Waals surface area contributed by atoms with Crippen molar-refractivity contribution in [2.45, 2.75) is 81.0 Å². The number of hydrogen-bond donors (Lipinski definition) is 3. The molecular formula is C30H40N4O4S. The molecule has 0 radical (unpaired) electrons. The molecule has 0 spiro atoms. The fourth-order valence-electron chi connectivity index (χ4n) is 5.56. The van der Waals surface area contributed by atoms with Crippen LogP contribution in [0.2, 0.25) is 0 Å². The second kappa shape index (κ2) is 13.3. The van der Waals surface area contributed by atoms with Crippen molar-refractivity contribution in [2.75, 3.05) is 24.6 Å². The van der Waals surface area contributed by atoms with E-state index in [1.54, 1.807) is 6.07 Å². The summed E-state index contributed by atoms with van der Waals surface area (Å²) in [6.45, 7) is 6.41. The molecule has 2 aliphatic rings. The Morgan fingerprint density at radius 2 is 1.85 bits per heavy atom. The third kappa shape index (κ3) is 7.33. The van der Waals surface area contributed by atoms with Gasteiger partial charge in [0.1, 0.15) is 16.8 Å². The summed E-state index contributed by atoms with van der Waals surface area (Å²) in [7, 11) is 0. The van der Waals surface area contributed by atoms with E-state index >= 15 is 0 Å². The van der Waals surface area contributed by atoms with Gasteiger partial charge in [0, 0.05) is 35.2 Å². The van der Waals surface area contributed by atoms with Gasteiger partial charge in [-0.2, -0.15) is 0 Å². The van der Waals surface area contributed by atoms with Gasteiger partial charge in [-0.1, -0.05) is 31.0 Å². The number of fused-ring (bicyclic) bond motifs is 1. The molecule has 4 rings (SSSR count). The van der Waals surface area contributed by atoms with Crippen LogP contribution in [0, 0.1) is 5.41 Å². The zero-order chi connectivity index (χ0) is 27.9. The molecule has 39 heavy (non-hydrogen) atoms. The number of thioether (sulfide) groups is 1. The van der Waals surface area contributed by atoms with Crippen LogP contribution in [0.5, 0.6) is 5.75 Å². The number of benzene rings is 2. The molecule has 2 aromatic carbocycles. The first kappa shape index (κ1) is 29.0. The number of rotatable bonds is 12. The molecule has 0 aliphatic carbocycles. The molecule has 1 unspecified atom stereocenters. The average Bonchev–Trinajstić information content (AvgIpc) is 2.90. The highest BCUT2D eigenvalue weighted by Crippen LogP contribution is 2.48. The Labute approximate surface area is 235 Å². The molecule has 1 fully saturated rings. The molecule has 2 aromatic rings. The number of nitrogens with zero attached hydrogens (tertiary/aromatic N) is 2. The first-order valence-corrected chi connectivity index (χ1v) is 14.8. The van der Waals surface area contributed by atoms with Crippen LogP contribution in [0.25, 0.3) is 0 Å². The van der Waals surface area contributed by atoms with Crippen molar-refractivity contribution < 1.29 is 19.4 Å². The van der Waals surface area contributed by atoms with E-state index in [2.05, 4.69) is 18.7 Å². The number of carbonyl (C=O) groups excluding carboxylic acids is 1. The Morgan fingerprint density at radius 3 is 2.56 bits per heavy atom. The predicted octanol–water partition coefficient (Wildman–Crippen LogP) is 5.44. The maximum absolute atomic E-state index is 13.9. The lowest BCUT2D eigenvalue weighted by Crippen LogP contribution is -2.44. The molecule has 1 amide bonds. The number of carboxylic acid groups (broad SMARTS) is 1. The fourth-order valence-corrected chi connectivity index (χ4v) is 6.76. The van der Waals surface area contributed by atoms with E-state index in [4.69, 9.17) is 21.0 Å². The minimum absolute atomic E-state index is 0.00540. The molecule has 4 N–H and O–H groups in total.